The summed E-state index contributed by atoms with van der Waals surface area (Å²) in [5.41, 5.74) is 3.19. The van der Waals surface area contributed by atoms with Gasteiger partial charge in [0.25, 0.3) is 5.91 Å². The number of ether oxygens (including phenoxy) is 1. The van der Waals surface area contributed by atoms with E-state index < -0.39 is 15.9 Å². The molecule has 1 atom stereocenters. The van der Waals surface area contributed by atoms with E-state index in [0.29, 0.717) is 27.9 Å². The fourth-order valence-corrected chi connectivity index (χ4v) is 7.30. The van der Waals surface area contributed by atoms with Crippen molar-refractivity contribution >= 4 is 50.1 Å². The van der Waals surface area contributed by atoms with Gasteiger partial charge in [0.1, 0.15) is 16.7 Å². The van der Waals surface area contributed by atoms with Gasteiger partial charge < -0.3 is 4.74 Å². The third kappa shape index (κ3) is 5.02. The Balaban J connectivity index is 1.51. The minimum absolute atomic E-state index is 0.0514. The molecule has 3 aromatic rings. The number of rotatable bonds is 7. The normalized spacial score (nSPS) is 20.3. The second-order valence-corrected chi connectivity index (χ2v) is 12.4. The molecular formula is C26H23N3O4S3. The number of para-hydroxylation sites is 1. The van der Waals surface area contributed by atoms with Crippen LogP contribution in [-0.2, 0) is 14.6 Å². The van der Waals surface area contributed by atoms with Crippen molar-refractivity contribution in [2.75, 3.05) is 18.1 Å². The lowest BCUT2D eigenvalue weighted by atomic mass is 10.1. The summed E-state index contributed by atoms with van der Waals surface area (Å²) >= 11 is 6.66. The van der Waals surface area contributed by atoms with Gasteiger partial charge in [-0.3, -0.25) is 9.69 Å². The molecule has 36 heavy (non-hydrogen) atoms. The number of hydrogen-bond donors (Lipinski definition) is 0. The van der Waals surface area contributed by atoms with Crippen LogP contribution in [0.2, 0.25) is 0 Å². The molecular weight excluding hydrogens is 515 g/mol. The standard InChI is InChI=1S/C26H23N3O4S3/c1-2-13-33-22-10-8-18(9-11-22)24-19(16-28(27-24)20-6-4-3-5-7-20)15-23-25(30)29(26(34)35-23)21-12-14-36(31,32)17-21/h2-11,15-16,21H,1,12-14,17H2/b23-15-/t21-/m1/s1. The highest BCUT2D eigenvalue weighted by atomic mass is 32.2. The first-order valence-corrected chi connectivity index (χ1v) is 14.4. The summed E-state index contributed by atoms with van der Waals surface area (Å²) < 4.78 is 31.7. The highest BCUT2D eigenvalue weighted by Gasteiger charge is 2.42. The fraction of sp³-hybridized carbons (Fsp3) is 0.192. The van der Waals surface area contributed by atoms with Gasteiger partial charge in [-0.25, -0.2) is 13.1 Å². The molecule has 2 aliphatic rings. The molecule has 0 radical (unpaired) electrons. The average Bonchev–Trinajstić information content (AvgIpc) is 3.53. The Kier molecular flexibility index (Phi) is 6.83. The van der Waals surface area contributed by atoms with Gasteiger partial charge in [-0.1, -0.05) is 54.8 Å². The second kappa shape index (κ2) is 10.0. The molecule has 1 aromatic heterocycles. The van der Waals surface area contributed by atoms with Crippen LogP contribution in [0.5, 0.6) is 5.75 Å². The topological polar surface area (TPSA) is 81.5 Å². The van der Waals surface area contributed by atoms with Crippen LogP contribution < -0.4 is 4.74 Å². The molecule has 1 amide bonds. The SMILES string of the molecule is C=CCOc1ccc(-c2nn(-c3ccccc3)cc2/C=C2\SC(=S)N([C@@H]3CCS(=O)(=O)C3)C2=O)cc1. The van der Waals surface area contributed by atoms with Gasteiger partial charge in [-0.05, 0) is 48.9 Å². The summed E-state index contributed by atoms with van der Waals surface area (Å²) in [7, 11) is -3.15. The molecule has 0 unspecified atom stereocenters. The quantitative estimate of drug-likeness (QED) is 0.250. The third-order valence-corrected chi connectivity index (χ3v) is 9.02. The average molecular weight is 538 g/mol. The monoisotopic (exact) mass is 537 g/mol. The van der Waals surface area contributed by atoms with Crippen LogP contribution in [0.15, 0.2) is 78.4 Å². The smallest absolute Gasteiger partial charge is 0.266 e. The van der Waals surface area contributed by atoms with Crippen molar-refractivity contribution in [3.63, 3.8) is 0 Å². The lowest BCUT2D eigenvalue weighted by molar-refractivity contribution is -0.123. The van der Waals surface area contributed by atoms with E-state index in [0.717, 1.165) is 22.6 Å². The molecule has 10 heteroatoms. The van der Waals surface area contributed by atoms with Crippen LogP contribution in [0.3, 0.4) is 0 Å². The van der Waals surface area contributed by atoms with E-state index in [9.17, 15) is 13.2 Å². The highest BCUT2D eigenvalue weighted by molar-refractivity contribution is 8.26. The minimum atomic E-state index is -3.15. The molecule has 5 rings (SSSR count). The number of thioether (sulfide) groups is 1. The molecule has 7 nitrogen and oxygen atoms in total. The Morgan fingerprint density at radius 1 is 1.17 bits per heavy atom. The first-order valence-electron chi connectivity index (χ1n) is 11.3. The van der Waals surface area contributed by atoms with Gasteiger partial charge in [0.05, 0.1) is 33.8 Å². The van der Waals surface area contributed by atoms with Crippen molar-refractivity contribution in [3.8, 4) is 22.7 Å². The first kappa shape index (κ1) is 24.5. The van der Waals surface area contributed by atoms with Crippen LogP contribution >= 0.6 is 24.0 Å². The number of aromatic nitrogens is 2. The summed E-state index contributed by atoms with van der Waals surface area (Å²) in [5, 5.41) is 4.81. The summed E-state index contributed by atoms with van der Waals surface area (Å²) in [6.07, 6.45) is 5.75. The van der Waals surface area contributed by atoms with Crippen molar-refractivity contribution in [3.05, 3.63) is 83.9 Å². The zero-order valence-corrected chi connectivity index (χ0v) is 21.7. The summed E-state index contributed by atoms with van der Waals surface area (Å²) in [4.78, 5) is 15.2. The maximum absolute atomic E-state index is 13.3. The lowest BCUT2D eigenvalue weighted by Gasteiger charge is -2.20. The summed E-state index contributed by atoms with van der Waals surface area (Å²) in [6.45, 7) is 4.08. The maximum atomic E-state index is 13.3. The number of nitrogens with zero attached hydrogens (tertiary/aromatic N) is 3. The number of sulfone groups is 1. The maximum Gasteiger partial charge on any atom is 0.266 e. The number of benzene rings is 2. The molecule has 0 N–H and O–H groups in total. The van der Waals surface area contributed by atoms with Crippen molar-refractivity contribution in [2.24, 2.45) is 0 Å². The van der Waals surface area contributed by atoms with Gasteiger partial charge in [-0.15, -0.1) is 0 Å². The van der Waals surface area contributed by atoms with E-state index in [2.05, 4.69) is 6.58 Å². The second-order valence-electron chi connectivity index (χ2n) is 8.45. The van der Waals surface area contributed by atoms with Gasteiger partial charge in [0.15, 0.2) is 9.84 Å². The van der Waals surface area contributed by atoms with Crippen molar-refractivity contribution in [1.29, 1.82) is 0 Å². The number of thiocarbonyl (C=S) groups is 1. The molecule has 3 heterocycles. The van der Waals surface area contributed by atoms with Crippen molar-refractivity contribution in [2.45, 2.75) is 12.5 Å². The summed E-state index contributed by atoms with van der Waals surface area (Å²) in [6, 6.07) is 16.9. The van der Waals surface area contributed by atoms with E-state index in [-0.39, 0.29) is 17.4 Å². The number of carbonyl (C=O) groups is 1. The lowest BCUT2D eigenvalue weighted by Crippen LogP contribution is -2.39. The predicted octanol–water partition coefficient (Wildman–Crippen LogP) is 4.49. The van der Waals surface area contributed by atoms with E-state index in [1.165, 1.54) is 16.7 Å². The van der Waals surface area contributed by atoms with Gasteiger partial charge in [0.2, 0.25) is 0 Å². The molecule has 184 valence electrons. The van der Waals surface area contributed by atoms with Crippen molar-refractivity contribution < 1.29 is 17.9 Å². The minimum Gasteiger partial charge on any atom is -0.490 e. The van der Waals surface area contributed by atoms with E-state index in [4.69, 9.17) is 22.1 Å². The van der Waals surface area contributed by atoms with Crippen LogP contribution in [0.4, 0.5) is 0 Å². The number of amides is 1. The molecule has 0 aliphatic carbocycles. The molecule has 0 spiro atoms. The zero-order valence-electron chi connectivity index (χ0n) is 19.2. The van der Waals surface area contributed by atoms with Gasteiger partial charge in [0, 0.05) is 17.3 Å². The molecule has 2 aliphatic heterocycles. The molecule has 0 bridgehead atoms. The van der Waals surface area contributed by atoms with Crippen LogP contribution in [0.1, 0.15) is 12.0 Å². The molecule has 2 fully saturated rings. The highest BCUT2D eigenvalue weighted by Crippen LogP contribution is 2.38. The molecule has 2 saturated heterocycles. The Morgan fingerprint density at radius 2 is 1.92 bits per heavy atom. The van der Waals surface area contributed by atoms with Gasteiger partial charge >= 0.3 is 0 Å². The first-order chi connectivity index (χ1) is 17.3. The van der Waals surface area contributed by atoms with E-state index in [1.54, 1.807) is 16.8 Å². The third-order valence-electron chi connectivity index (χ3n) is 5.94. The summed E-state index contributed by atoms with van der Waals surface area (Å²) in [5.74, 6) is 0.479. The van der Waals surface area contributed by atoms with Crippen LogP contribution in [0.25, 0.3) is 23.0 Å². The van der Waals surface area contributed by atoms with E-state index in [1.807, 2.05) is 60.8 Å². The Hall–Kier alpha value is -3.21. The fourth-order valence-electron chi connectivity index (χ4n) is 4.21. The number of carbonyl (C=O) groups excluding carboxylic acids is 1. The Bertz CT molecular complexity index is 1460. The number of hydrogen-bond acceptors (Lipinski definition) is 7. The Morgan fingerprint density at radius 3 is 2.58 bits per heavy atom. The molecule has 2 aromatic carbocycles. The predicted molar refractivity (Wildman–Crippen MR) is 147 cm³/mol. The van der Waals surface area contributed by atoms with E-state index >= 15 is 0 Å². The Labute approximate surface area is 219 Å². The van der Waals surface area contributed by atoms with Crippen molar-refractivity contribution in [1.82, 2.24) is 14.7 Å². The van der Waals surface area contributed by atoms with Crippen LogP contribution in [-0.4, -0.2) is 57.5 Å². The molecule has 0 saturated carbocycles. The largest absolute Gasteiger partial charge is 0.490 e. The van der Waals surface area contributed by atoms with Gasteiger partial charge in [-0.2, -0.15) is 5.10 Å². The van der Waals surface area contributed by atoms with Crippen LogP contribution in [0, 0.1) is 0 Å². The zero-order chi connectivity index (χ0) is 25.3.